The highest BCUT2D eigenvalue weighted by Gasteiger charge is 2.74. The SMILES string of the molecule is CC(C)=C[C@H](NC(=O)OC(C)(C)C)[C@@H](O)C(=O)O[C@H]1C[C@@]2(O)[C@@H](OC(=O)c3ccccc3)[C@H]3[C@](C)(CC(=O)C(=C1C)C2(C)C)[C@@H](O)C[C@H]1OC[C@]13O. The Morgan fingerprint density at radius 2 is 1.69 bits per heavy atom. The number of fused-ring (bicyclic) bond motifs is 5. The van der Waals surface area contributed by atoms with E-state index in [9.17, 15) is 39.6 Å². The molecule has 10 atom stereocenters. The average molecular weight is 728 g/mol. The number of aliphatic hydroxyl groups excluding tert-OH is 2. The van der Waals surface area contributed by atoms with Crippen molar-refractivity contribution in [2.24, 2.45) is 16.7 Å². The molecule has 1 saturated heterocycles. The van der Waals surface area contributed by atoms with E-state index in [0.29, 0.717) is 11.1 Å². The molecule has 5 N–H and O–H groups in total. The van der Waals surface area contributed by atoms with E-state index >= 15 is 0 Å². The molecule has 2 saturated carbocycles. The van der Waals surface area contributed by atoms with Gasteiger partial charge in [-0.3, -0.25) is 4.79 Å². The third kappa shape index (κ3) is 6.82. The number of rotatable bonds is 7. The Balaban J connectivity index is 1.59. The Morgan fingerprint density at radius 1 is 1.06 bits per heavy atom. The Hall–Kier alpha value is -3.62. The van der Waals surface area contributed by atoms with Gasteiger partial charge in [-0.25, -0.2) is 14.4 Å². The van der Waals surface area contributed by atoms with Crippen LogP contribution in [0.3, 0.4) is 0 Å². The Kier molecular flexibility index (Phi) is 10.4. The Morgan fingerprint density at radius 3 is 2.25 bits per heavy atom. The first-order valence-electron chi connectivity index (χ1n) is 17.7. The van der Waals surface area contributed by atoms with Gasteiger partial charge in [0.25, 0.3) is 0 Å². The Labute approximate surface area is 304 Å². The van der Waals surface area contributed by atoms with Crippen LogP contribution in [0.15, 0.2) is 53.1 Å². The van der Waals surface area contributed by atoms with Gasteiger partial charge in [-0.05, 0) is 59.2 Å². The number of ketones is 1. The summed E-state index contributed by atoms with van der Waals surface area (Å²) in [4.78, 5) is 54.7. The van der Waals surface area contributed by atoms with Gasteiger partial charge in [-0.1, -0.05) is 50.6 Å². The van der Waals surface area contributed by atoms with Gasteiger partial charge in [0.05, 0.1) is 30.4 Å². The fourth-order valence-electron chi connectivity index (χ4n) is 8.76. The summed E-state index contributed by atoms with van der Waals surface area (Å²) >= 11 is 0. The van der Waals surface area contributed by atoms with E-state index in [1.54, 1.807) is 92.6 Å². The standard InChI is InChI=1S/C39H53NO12/c1-20(2)15-23(40-34(46)52-35(4,5)6)29(43)33(45)50-25-18-39(48)31(51-32(44)22-13-11-10-12-14-22)30-37(9,26(42)16-27-38(30,47)19-49-27)17-24(41)28(21(25)3)36(39,7)8/h10-15,23,25-27,29-31,42-43,47-48H,16-19H2,1-9H3,(H,40,46)/t23-,25-,26-,27+,29+,30-,31-,37+,38-,39+/m0/s1. The molecule has 5 rings (SSSR count). The minimum absolute atomic E-state index is 0.0261. The van der Waals surface area contributed by atoms with Crippen LogP contribution in [0.5, 0.6) is 0 Å². The van der Waals surface area contributed by atoms with Crippen LogP contribution in [0.25, 0.3) is 0 Å². The summed E-state index contributed by atoms with van der Waals surface area (Å²) in [5.74, 6) is -3.61. The zero-order valence-electron chi connectivity index (χ0n) is 31.4. The highest BCUT2D eigenvalue weighted by atomic mass is 16.6. The molecule has 1 aromatic carbocycles. The fraction of sp³-hybridized carbons (Fsp3) is 0.641. The predicted molar refractivity (Wildman–Crippen MR) is 187 cm³/mol. The number of amides is 1. The number of aliphatic hydroxyl groups is 4. The molecule has 0 radical (unpaired) electrons. The van der Waals surface area contributed by atoms with Crippen LogP contribution in [0.1, 0.15) is 91.9 Å². The third-order valence-corrected chi connectivity index (χ3v) is 11.5. The average Bonchev–Trinajstić information content (AvgIpc) is 3.02. The molecule has 13 heteroatoms. The van der Waals surface area contributed by atoms with Crippen molar-refractivity contribution in [1.82, 2.24) is 5.32 Å². The predicted octanol–water partition coefficient (Wildman–Crippen LogP) is 3.31. The van der Waals surface area contributed by atoms with Gasteiger partial charge in [0.15, 0.2) is 11.9 Å². The second kappa shape index (κ2) is 13.7. The summed E-state index contributed by atoms with van der Waals surface area (Å²) in [7, 11) is 0. The minimum Gasteiger partial charge on any atom is -0.456 e. The van der Waals surface area contributed by atoms with Gasteiger partial charge >= 0.3 is 18.0 Å². The maximum absolute atomic E-state index is 14.5. The van der Waals surface area contributed by atoms with Crippen molar-refractivity contribution < 1.29 is 58.6 Å². The van der Waals surface area contributed by atoms with Crippen LogP contribution < -0.4 is 5.32 Å². The number of nitrogens with one attached hydrogen (secondary N) is 1. The molecule has 4 aliphatic rings. The molecule has 1 aliphatic heterocycles. The number of hydrogen-bond acceptors (Lipinski definition) is 12. The number of benzene rings is 1. The van der Waals surface area contributed by atoms with Crippen molar-refractivity contribution in [1.29, 1.82) is 0 Å². The molecule has 1 heterocycles. The molecule has 13 nitrogen and oxygen atoms in total. The molecule has 286 valence electrons. The quantitative estimate of drug-likeness (QED) is 0.156. The lowest BCUT2D eigenvalue weighted by atomic mass is 9.45. The number of carbonyl (C=O) groups is 4. The lowest BCUT2D eigenvalue weighted by Gasteiger charge is -2.66. The van der Waals surface area contributed by atoms with Crippen LogP contribution in [0, 0.1) is 16.7 Å². The summed E-state index contributed by atoms with van der Waals surface area (Å²) < 4.78 is 23.2. The van der Waals surface area contributed by atoms with E-state index in [2.05, 4.69) is 5.32 Å². The monoisotopic (exact) mass is 727 g/mol. The molecule has 0 aromatic heterocycles. The number of allylic oxidation sites excluding steroid dienone is 1. The van der Waals surface area contributed by atoms with E-state index in [1.807, 2.05) is 0 Å². The van der Waals surface area contributed by atoms with E-state index in [1.165, 1.54) is 6.08 Å². The summed E-state index contributed by atoms with van der Waals surface area (Å²) in [6.45, 7) is 14.8. The third-order valence-electron chi connectivity index (χ3n) is 11.5. The maximum Gasteiger partial charge on any atom is 0.408 e. The number of carbonyl (C=O) groups excluding carboxylic acids is 4. The van der Waals surface area contributed by atoms with E-state index in [4.69, 9.17) is 18.9 Å². The number of hydrogen-bond donors (Lipinski definition) is 5. The van der Waals surface area contributed by atoms with Crippen molar-refractivity contribution in [3.8, 4) is 0 Å². The van der Waals surface area contributed by atoms with Gasteiger partial charge in [-0.2, -0.15) is 0 Å². The normalized spacial score (nSPS) is 34.9. The molecule has 0 unspecified atom stereocenters. The summed E-state index contributed by atoms with van der Waals surface area (Å²) in [5.41, 5.74) is -6.29. The lowest BCUT2D eigenvalue weighted by molar-refractivity contribution is -0.347. The molecule has 52 heavy (non-hydrogen) atoms. The molecule has 3 fully saturated rings. The van der Waals surface area contributed by atoms with E-state index in [-0.39, 0.29) is 30.6 Å². The smallest absolute Gasteiger partial charge is 0.408 e. The van der Waals surface area contributed by atoms with Crippen LogP contribution in [-0.4, -0.2) is 104 Å². The molecule has 1 aromatic rings. The molecule has 1 amide bonds. The topological polar surface area (TPSA) is 198 Å². The highest BCUT2D eigenvalue weighted by molar-refractivity contribution is 5.99. The summed E-state index contributed by atoms with van der Waals surface area (Å²) in [5, 5.41) is 50.7. The summed E-state index contributed by atoms with van der Waals surface area (Å²) in [6.07, 6.45) is -6.90. The first-order valence-corrected chi connectivity index (χ1v) is 17.7. The lowest BCUT2D eigenvalue weighted by Crippen LogP contribution is -2.79. The van der Waals surface area contributed by atoms with Gasteiger partial charge in [-0.15, -0.1) is 0 Å². The zero-order chi connectivity index (χ0) is 38.8. The van der Waals surface area contributed by atoms with Crippen molar-refractivity contribution in [2.75, 3.05) is 6.61 Å². The maximum atomic E-state index is 14.5. The second-order valence-corrected chi connectivity index (χ2v) is 16.9. The molecule has 3 aliphatic carbocycles. The molecule has 2 bridgehead atoms. The Bertz CT molecular complexity index is 1660. The van der Waals surface area contributed by atoms with Crippen molar-refractivity contribution in [2.45, 2.75) is 135 Å². The minimum atomic E-state index is -2.19. The highest BCUT2D eigenvalue weighted by Crippen LogP contribution is 2.63. The molecule has 0 spiro atoms. The van der Waals surface area contributed by atoms with Gasteiger partial charge in [0.2, 0.25) is 0 Å². The van der Waals surface area contributed by atoms with Crippen LogP contribution in [0.4, 0.5) is 4.79 Å². The number of alkyl carbamates (subject to hydrolysis) is 1. The van der Waals surface area contributed by atoms with Crippen molar-refractivity contribution >= 4 is 23.8 Å². The van der Waals surface area contributed by atoms with E-state index < -0.39 is 100 Å². The van der Waals surface area contributed by atoms with Crippen LogP contribution >= 0.6 is 0 Å². The van der Waals surface area contributed by atoms with E-state index in [0.717, 1.165) is 0 Å². The fourth-order valence-corrected chi connectivity index (χ4v) is 8.76. The first-order chi connectivity index (χ1) is 24.0. The van der Waals surface area contributed by atoms with Gasteiger partial charge < -0.3 is 44.7 Å². The largest absolute Gasteiger partial charge is 0.456 e. The number of Topliss-reactive ketones (excluding diaryl/α,β-unsaturated/α-hetero) is 1. The first kappa shape index (κ1) is 39.6. The van der Waals surface area contributed by atoms with Crippen molar-refractivity contribution in [3.63, 3.8) is 0 Å². The second-order valence-electron chi connectivity index (χ2n) is 16.9. The van der Waals surface area contributed by atoms with Gasteiger partial charge in [0, 0.05) is 41.6 Å². The van der Waals surface area contributed by atoms with Crippen LogP contribution in [-0.2, 0) is 28.5 Å². The molecular formula is C39H53NO12. The summed E-state index contributed by atoms with van der Waals surface area (Å²) in [6, 6.07) is 6.84. The zero-order valence-corrected chi connectivity index (χ0v) is 31.4. The number of ether oxygens (including phenoxy) is 4. The molecular weight excluding hydrogens is 674 g/mol. The van der Waals surface area contributed by atoms with Crippen LogP contribution in [0.2, 0.25) is 0 Å². The number of esters is 2. The van der Waals surface area contributed by atoms with Crippen molar-refractivity contribution in [3.05, 3.63) is 58.7 Å². The van der Waals surface area contributed by atoms with Gasteiger partial charge in [0.1, 0.15) is 29.0 Å².